The Morgan fingerprint density at radius 3 is 2.35 bits per heavy atom. The highest BCUT2D eigenvalue weighted by Crippen LogP contribution is 2.10. The smallest absolute Gasteiger partial charge is 0.326 e. The number of benzene rings is 1. The quantitative estimate of drug-likeness (QED) is 0.782. The van der Waals surface area contributed by atoms with Gasteiger partial charge in [0.2, 0.25) is 0 Å². The van der Waals surface area contributed by atoms with Crippen LogP contribution in [0.3, 0.4) is 0 Å². The highest BCUT2D eigenvalue weighted by Gasteiger charge is 2.22. The van der Waals surface area contributed by atoms with Crippen molar-refractivity contribution in [2.75, 3.05) is 0 Å². The first kappa shape index (κ1) is 16.0. The summed E-state index contributed by atoms with van der Waals surface area (Å²) in [6.07, 6.45) is 3.12. The van der Waals surface area contributed by atoms with E-state index in [2.05, 4.69) is 10.6 Å². The van der Waals surface area contributed by atoms with Crippen molar-refractivity contribution < 1.29 is 14.7 Å². The van der Waals surface area contributed by atoms with Crippen LogP contribution in [0.4, 0.5) is 4.79 Å². The molecule has 0 spiro atoms. The van der Waals surface area contributed by atoms with Crippen LogP contribution in [-0.4, -0.2) is 23.1 Å². The van der Waals surface area contributed by atoms with Crippen LogP contribution < -0.4 is 10.6 Å². The third-order valence-corrected chi connectivity index (χ3v) is 2.83. The van der Waals surface area contributed by atoms with E-state index in [4.69, 9.17) is 16.7 Å². The number of aliphatic carboxylic acids is 1. The minimum absolute atomic E-state index is 0.196. The first-order chi connectivity index (χ1) is 9.40. The molecule has 0 aliphatic rings. The van der Waals surface area contributed by atoms with Crippen molar-refractivity contribution in [3.8, 4) is 0 Å². The van der Waals surface area contributed by atoms with Gasteiger partial charge in [0.1, 0.15) is 6.04 Å². The van der Waals surface area contributed by atoms with Crippen LogP contribution in [-0.2, 0) is 4.79 Å². The highest BCUT2D eigenvalue weighted by molar-refractivity contribution is 6.30. The fraction of sp³-hybridized carbons (Fsp3) is 0.286. The molecule has 1 aromatic carbocycles. The first-order valence-corrected chi connectivity index (χ1v) is 6.50. The molecule has 0 saturated heterocycles. The molecular formula is C14H17ClN2O3. The van der Waals surface area contributed by atoms with Gasteiger partial charge in [-0.05, 0) is 29.7 Å². The zero-order valence-corrected chi connectivity index (χ0v) is 12.0. The molecule has 0 aliphatic carbocycles. The lowest BCUT2D eigenvalue weighted by Gasteiger charge is -2.17. The van der Waals surface area contributed by atoms with E-state index in [9.17, 15) is 9.59 Å². The predicted molar refractivity (Wildman–Crippen MR) is 78.4 cm³/mol. The lowest BCUT2D eigenvalue weighted by atomic mass is 10.1. The van der Waals surface area contributed by atoms with Gasteiger partial charge in [-0.3, -0.25) is 0 Å². The Bertz CT molecular complexity index is 498. The number of hydrogen-bond acceptors (Lipinski definition) is 2. The van der Waals surface area contributed by atoms with E-state index >= 15 is 0 Å². The number of carbonyl (C=O) groups is 2. The van der Waals surface area contributed by atoms with Gasteiger partial charge in [-0.1, -0.05) is 37.6 Å². The van der Waals surface area contributed by atoms with Crippen molar-refractivity contribution in [1.82, 2.24) is 10.6 Å². The molecule has 20 heavy (non-hydrogen) atoms. The molecule has 1 rings (SSSR count). The van der Waals surface area contributed by atoms with Gasteiger partial charge in [0.15, 0.2) is 0 Å². The molecule has 5 nitrogen and oxygen atoms in total. The molecule has 108 valence electrons. The van der Waals surface area contributed by atoms with Gasteiger partial charge in [-0.2, -0.15) is 0 Å². The maximum atomic E-state index is 11.5. The number of carbonyl (C=O) groups excluding carboxylic acids is 1. The summed E-state index contributed by atoms with van der Waals surface area (Å²) in [5.41, 5.74) is 0.869. The molecule has 3 N–H and O–H groups in total. The second-order valence-electron chi connectivity index (χ2n) is 4.56. The van der Waals surface area contributed by atoms with E-state index in [0.717, 1.165) is 5.56 Å². The van der Waals surface area contributed by atoms with E-state index in [1.807, 2.05) is 0 Å². The molecule has 0 saturated carbocycles. The average Bonchev–Trinajstić information content (AvgIpc) is 2.37. The number of urea groups is 1. The van der Waals surface area contributed by atoms with Crippen molar-refractivity contribution >= 4 is 29.7 Å². The van der Waals surface area contributed by atoms with E-state index in [1.165, 1.54) is 6.20 Å². The molecule has 1 aromatic rings. The summed E-state index contributed by atoms with van der Waals surface area (Å²) < 4.78 is 0. The van der Waals surface area contributed by atoms with E-state index in [0.29, 0.717) is 5.02 Å². The van der Waals surface area contributed by atoms with Gasteiger partial charge in [0.25, 0.3) is 0 Å². The third kappa shape index (κ3) is 5.32. The molecule has 0 fully saturated rings. The summed E-state index contributed by atoms with van der Waals surface area (Å²) in [5, 5.41) is 14.4. The van der Waals surface area contributed by atoms with Crippen molar-refractivity contribution in [3.05, 3.63) is 41.1 Å². The topological polar surface area (TPSA) is 78.4 Å². The molecule has 0 heterocycles. The van der Waals surface area contributed by atoms with Crippen LogP contribution in [0.2, 0.25) is 5.02 Å². The maximum absolute atomic E-state index is 11.5. The van der Waals surface area contributed by atoms with E-state index < -0.39 is 18.0 Å². The third-order valence-electron chi connectivity index (χ3n) is 2.58. The number of carboxylic acids is 1. The molecule has 1 atom stereocenters. The van der Waals surface area contributed by atoms with Gasteiger partial charge < -0.3 is 15.7 Å². The van der Waals surface area contributed by atoms with Crippen molar-refractivity contribution in [1.29, 1.82) is 0 Å². The Morgan fingerprint density at radius 2 is 1.85 bits per heavy atom. The second-order valence-corrected chi connectivity index (χ2v) is 5.00. The lowest BCUT2D eigenvalue weighted by Crippen LogP contribution is -2.47. The summed E-state index contributed by atoms with van der Waals surface area (Å²) in [6, 6.07) is 5.59. The van der Waals surface area contributed by atoms with Crippen LogP contribution in [0.15, 0.2) is 30.5 Å². The molecule has 6 heteroatoms. The van der Waals surface area contributed by atoms with Gasteiger partial charge >= 0.3 is 12.0 Å². The summed E-state index contributed by atoms with van der Waals surface area (Å²) in [6.45, 7) is 3.45. The van der Waals surface area contributed by atoms with Crippen LogP contribution in [0, 0.1) is 5.92 Å². The monoisotopic (exact) mass is 296 g/mol. The first-order valence-electron chi connectivity index (χ1n) is 6.12. The predicted octanol–water partition coefficient (Wildman–Crippen LogP) is 2.72. The van der Waals surface area contributed by atoms with E-state index in [1.54, 1.807) is 44.2 Å². The normalized spacial score (nSPS) is 12.4. The average molecular weight is 297 g/mol. The molecule has 2 amide bonds. The molecule has 0 aromatic heterocycles. The van der Waals surface area contributed by atoms with Crippen molar-refractivity contribution in [2.45, 2.75) is 19.9 Å². The van der Waals surface area contributed by atoms with Gasteiger partial charge in [-0.15, -0.1) is 0 Å². The fourth-order valence-corrected chi connectivity index (χ4v) is 1.61. The highest BCUT2D eigenvalue weighted by atomic mass is 35.5. The van der Waals surface area contributed by atoms with Crippen molar-refractivity contribution in [2.24, 2.45) is 5.92 Å². The molecule has 0 bridgehead atoms. The molecule has 1 unspecified atom stereocenters. The van der Waals surface area contributed by atoms with Gasteiger partial charge in [0.05, 0.1) is 0 Å². The van der Waals surface area contributed by atoms with Gasteiger partial charge in [0, 0.05) is 11.2 Å². The van der Waals surface area contributed by atoms with Crippen LogP contribution >= 0.6 is 11.6 Å². The Morgan fingerprint density at radius 1 is 1.25 bits per heavy atom. The Hall–Kier alpha value is -2.01. The number of halogens is 1. The number of rotatable bonds is 5. The molecular weight excluding hydrogens is 280 g/mol. The maximum Gasteiger partial charge on any atom is 0.326 e. The number of hydrogen-bond donors (Lipinski definition) is 3. The summed E-state index contributed by atoms with van der Waals surface area (Å²) >= 11 is 5.75. The Labute approximate surface area is 122 Å². The van der Waals surface area contributed by atoms with Crippen LogP contribution in [0.25, 0.3) is 6.08 Å². The minimum atomic E-state index is -1.06. The fourth-order valence-electron chi connectivity index (χ4n) is 1.48. The second kappa shape index (κ2) is 7.55. The molecule has 0 radical (unpaired) electrons. The Balaban J connectivity index is 2.50. The van der Waals surface area contributed by atoms with Crippen LogP contribution in [0.1, 0.15) is 19.4 Å². The zero-order valence-electron chi connectivity index (χ0n) is 11.3. The summed E-state index contributed by atoms with van der Waals surface area (Å²) in [7, 11) is 0. The number of nitrogens with one attached hydrogen (secondary N) is 2. The molecule has 0 aliphatic heterocycles. The summed E-state index contributed by atoms with van der Waals surface area (Å²) in [5.74, 6) is -1.25. The Kier molecular flexibility index (Phi) is 6.06. The number of amides is 2. The minimum Gasteiger partial charge on any atom is -0.480 e. The SMILES string of the molecule is CC(C)C(NC(=O)N/C=C/c1ccc(Cl)cc1)C(=O)O. The van der Waals surface area contributed by atoms with Crippen LogP contribution in [0.5, 0.6) is 0 Å². The summed E-state index contributed by atoms with van der Waals surface area (Å²) in [4.78, 5) is 22.5. The van der Waals surface area contributed by atoms with Crippen molar-refractivity contribution in [3.63, 3.8) is 0 Å². The largest absolute Gasteiger partial charge is 0.480 e. The zero-order chi connectivity index (χ0) is 15.1. The lowest BCUT2D eigenvalue weighted by molar-refractivity contribution is -0.140. The standard InChI is InChI=1S/C14H17ClN2O3/c1-9(2)12(13(18)19)17-14(20)16-8-7-10-3-5-11(15)6-4-10/h3-9,12H,1-2H3,(H,18,19)(H2,16,17,20)/b8-7+. The van der Waals surface area contributed by atoms with Gasteiger partial charge in [-0.25, -0.2) is 9.59 Å². The number of carboxylic acid groups (broad SMARTS) is 1. The van der Waals surface area contributed by atoms with E-state index in [-0.39, 0.29) is 5.92 Å².